The van der Waals surface area contributed by atoms with Crippen molar-refractivity contribution in [1.29, 1.82) is 0 Å². The van der Waals surface area contributed by atoms with Gasteiger partial charge in [-0.1, -0.05) is 146 Å². The number of nitrogens with zero attached hydrogens (tertiary/aromatic N) is 2. The zero-order valence-electron chi connectivity index (χ0n) is 30.8. The summed E-state index contributed by atoms with van der Waals surface area (Å²) in [5.41, 5.74) is 14.3. The summed E-state index contributed by atoms with van der Waals surface area (Å²) >= 11 is 0. The molecule has 0 N–H and O–H groups in total. The maximum Gasteiger partial charge on any atom is 0.228 e. The van der Waals surface area contributed by atoms with E-state index >= 15 is 0 Å². The van der Waals surface area contributed by atoms with E-state index in [1.807, 2.05) is 24.3 Å². The molecule has 0 atom stereocenters. The summed E-state index contributed by atoms with van der Waals surface area (Å²) in [6, 6.07) is 72.3. The summed E-state index contributed by atoms with van der Waals surface area (Å²) in [6.45, 7) is 0. The van der Waals surface area contributed by atoms with Crippen molar-refractivity contribution in [3.05, 3.63) is 206 Å². The van der Waals surface area contributed by atoms with Gasteiger partial charge in [-0.25, -0.2) is 4.98 Å². The molecule has 0 saturated heterocycles. The van der Waals surface area contributed by atoms with Gasteiger partial charge in [-0.3, -0.25) is 0 Å². The van der Waals surface area contributed by atoms with Gasteiger partial charge in [0.2, 0.25) is 5.89 Å². The standard InChI is InChI=1S/C53H34N2O2/c1-3-13-35(14-4-1)36-23-27-40(28-24-36)55(41-29-25-38(26-30-41)44-19-10-9-18-43(44)37-15-5-2-6-16-37)42-31-32-46-50(34-42)56-52-45-20-8-7-17-39(45)33-47(51(46)52)53-54-48-21-11-12-22-49(48)57-53/h1-34H. The second kappa shape index (κ2) is 13.6. The highest BCUT2D eigenvalue weighted by Crippen LogP contribution is 2.45. The molecular formula is C53H34N2O2. The number of benzene rings is 9. The number of para-hydroxylation sites is 2. The second-order valence-corrected chi connectivity index (χ2v) is 14.3. The van der Waals surface area contributed by atoms with Crippen LogP contribution in [0.3, 0.4) is 0 Å². The van der Waals surface area contributed by atoms with Crippen molar-refractivity contribution in [2.24, 2.45) is 0 Å². The van der Waals surface area contributed by atoms with Crippen molar-refractivity contribution in [3.8, 4) is 44.8 Å². The van der Waals surface area contributed by atoms with Gasteiger partial charge in [-0.2, -0.15) is 0 Å². The highest BCUT2D eigenvalue weighted by Gasteiger charge is 2.22. The van der Waals surface area contributed by atoms with Crippen LogP contribution in [0.4, 0.5) is 17.1 Å². The maximum absolute atomic E-state index is 6.88. The summed E-state index contributed by atoms with van der Waals surface area (Å²) in [5, 5.41) is 4.10. The smallest absolute Gasteiger partial charge is 0.228 e. The molecule has 4 nitrogen and oxygen atoms in total. The first-order chi connectivity index (χ1) is 28.2. The fraction of sp³-hybridized carbons (Fsp3) is 0. The molecule has 0 unspecified atom stereocenters. The van der Waals surface area contributed by atoms with E-state index in [4.69, 9.17) is 13.8 Å². The third kappa shape index (κ3) is 5.74. The van der Waals surface area contributed by atoms with Crippen LogP contribution < -0.4 is 4.90 Å². The summed E-state index contributed by atoms with van der Waals surface area (Å²) in [6.07, 6.45) is 0. The predicted octanol–water partition coefficient (Wildman–Crippen LogP) is 15.0. The van der Waals surface area contributed by atoms with E-state index in [1.165, 1.54) is 27.8 Å². The van der Waals surface area contributed by atoms with Crippen molar-refractivity contribution in [2.75, 3.05) is 4.90 Å². The Hall–Kier alpha value is -7.69. The van der Waals surface area contributed by atoms with Gasteiger partial charge in [-0.15, -0.1) is 0 Å². The molecule has 57 heavy (non-hydrogen) atoms. The van der Waals surface area contributed by atoms with Gasteiger partial charge in [0.1, 0.15) is 16.7 Å². The highest BCUT2D eigenvalue weighted by molar-refractivity contribution is 6.21. The molecule has 0 aliphatic heterocycles. The average molecular weight is 731 g/mol. The highest BCUT2D eigenvalue weighted by atomic mass is 16.3. The molecule has 0 radical (unpaired) electrons. The minimum absolute atomic E-state index is 0.577. The van der Waals surface area contributed by atoms with Crippen LogP contribution >= 0.6 is 0 Å². The van der Waals surface area contributed by atoms with Crippen LogP contribution in [0, 0.1) is 0 Å². The van der Waals surface area contributed by atoms with Gasteiger partial charge in [0.05, 0.1) is 0 Å². The molecule has 9 aromatic carbocycles. The number of furan rings is 1. The quantitative estimate of drug-likeness (QED) is 0.164. The first kappa shape index (κ1) is 32.7. The van der Waals surface area contributed by atoms with Gasteiger partial charge in [0.25, 0.3) is 0 Å². The fourth-order valence-corrected chi connectivity index (χ4v) is 8.17. The largest absolute Gasteiger partial charge is 0.455 e. The van der Waals surface area contributed by atoms with E-state index in [0.29, 0.717) is 5.89 Å². The van der Waals surface area contributed by atoms with E-state index in [2.05, 4.69) is 187 Å². The van der Waals surface area contributed by atoms with Crippen LogP contribution in [0.25, 0.3) is 88.6 Å². The van der Waals surface area contributed by atoms with Crippen LogP contribution in [-0.2, 0) is 0 Å². The normalized spacial score (nSPS) is 11.5. The number of rotatable bonds is 7. The van der Waals surface area contributed by atoms with Crippen LogP contribution in [0.2, 0.25) is 0 Å². The SMILES string of the molecule is c1ccc(-c2ccc(N(c3ccc(-c4ccccc4-c4ccccc4)cc3)c3ccc4c(c3)oc3c5ccccc5cc(-c5nc6ccccc6o5)c43)cc2)cc1. The van der Waals surface area contributed by atoms with Crippen molar-refractivity contribution in [3.63, 3.8) is 0 Å². The number of anilines is 3. The fourth-order valence-electron chi connectivity index (χ4n) is 8.17. The Morgan fingerprint density at radius 1 is 0.368 bits per heavy atom. The molecule has 0 aliphatic rings. The minimum Gasteiger partial charge on any atom is -0.455 e. The third-order valence-electron chi connectivity index (χ3n) is 10.9. The van der Waals surface area contributed by atoms with E-state index in [9.17, 15) is 0 Å². The maximum atomic E-state index is 6.88. The summed E-state index contributed by atoms with van der Waals surface area (Å²) in [4.78, 5) is 7.21. The Balaban J connectivity index is 1.07. The Bertz CT molecular complexity index is 3180. The van der Waals surface area contributed by atoms with Crippen molar-refractivity contribution in [1.82, 2.24) is 4.98 Å². The number of aromatic nitrogens is 1. The van der Waals surface area contributed by atoms with Crippen LogP contribution in [0.5, 0.6) is 0 Å². The van der Waals surface area contributed by atoms with Crippen LogP contribution in [-0.4, -0.2) is 4.98 Å². The van der Waals surface area contributed by atoms with E-state index in [0.717, 1.165) is 72.0 Å². The Morgan fingerprint density at radius 2 is 0.930 bits per heavy atom. The molecule has 4 heteroatoms. The number of hydrogen-bond donors (Lipinski definition) is 0. The van der Waals surface area contributed by atoms with Gasteiger partial charge in [0, 0.05) is 44.9 Å². The van der Waals surface area contributed by atoms with Crippen molar-refractivity contribution in [2.45, 2.75) is 0 Å². The lowest BCUT2D eigenvalue weighted by molar-refractivity contribution is 0.620. The Labute approximate surface area is 329 Å². The number of fused-ring (bicyclic) bond motifs is 6. The van der Waals surface area contributed by atoms with Gasteiger partial charge < -0.3 is 13.7 Å². The Kier molecular flexibility index (Phi) is 7.78. The zero-order valence-corrected chi connectivity index (χ0v) is 30.8. The van der Waals surface area contributed by atoms with Crippen LogP contribution in [0.1, 0.15) is 0 Å². The number of hydrogen-bond acceptors (Lipinski definition) is 4. The first-order valence-electron chi connectivity index (χ1n) is 19.2. The zero-order chi connectivity index (χ0) is 37.7. The first-order valence-corrected chi connectivity index (χ1v) is 19.2. The molecule has 0 spiro atoms. The number of oxazole rings is 1. The molecule has 2 aromatic heterocycles. The second-order valence-electron chi connectivity index (χ2n) is 14.3. The summed E-state index contributed by atoms with van der Waals surface area (Å²) < 4.78 is 13.2. The van der Waals surface area contributed by atoms with Gasteiger partial charge in [-0.05, 0) is 93.4 Å². The molecule has 0 saturated carbocycles. The molecule has 0 amide bonds. The van der Waals surface area contributed by atoms with Crippen LogP contribution in [0.15, 0.2) is 215 Å². The monoisotopic (exact) mass is 730 g/mol. The van der Waals surface area contributed by atoms with Gasteiger partial charge >= 0.3 is 0 Å². The van der Waals surface area contributed by atoms with E-state index in [-0.39, 0.29) is 0 Å². The van der Waals surface area contributed by atoms with E-state index < -0.39 is 0 Å². The molecule has 268 valence electrons. The molecule has 0 fully saturated rings. The molecule has 2 heterocycles. The lowest BCUT2D eigenvalue weighted by Gasteiger charge is -2.26. The third-order valence-corrected chi connectivity index (χ3v) is 10.9. The molecule has 0 aliphatic carbocycles. The lowest BCUT2D eigenvalue weighted by atomic mass is 9.94. The lowest BCUT2D eigenvalue weighted by Crippen LogP contribution is -2.09. The van der Waals surface area contributed by atoms with Gasteiger partial charge in [0.15, 0.2) is 5.58 Å². The summed E-state index contributed by atoms with van der Waals surface area (Å²) in [5.74, 6) is 0.577. The average Bonchev–Trinajstić information content (AvgIpc) is 3.90. The molecule has 11 aromatic rings. The summed E-state index contributed by atoms with van der Waals surface area (Å²) in [7, 11) is 0. The topological polar surface area (TPSA) is 42.4 Å². The predicted molar refractivity (Wildman–Crippen MR) is 235 cm³/mol. The molecule has 11 rings (SSSR count). The van der Waals surface area contributed by atoms with Crippen molar-refractivity contribution < 1.29 is 8.83 Å². The molecular weight excluding hydrogens is 697 g/mol. The Morgan fingerprint density at radius 3 is 1.65 bits per heavy atom. The van der Waals surface area contributed by atoms with Crippen molar-refractivity contribution >= 4 is 60.9 Å². The minimum atomic E-state index is 0.577. The van der Waals surface area contributed by atoms with E-state index in [1.54, 1.807) is 0 Å². The molecule has 0 bridgehead atoms.